The lowest BCUT2D eigenvalue weighted by Gasteiger charge is -2.35. The summed E-state index contributed by atoms with van der Waals surface area (Å²) in [6, 6.07) is 52.1. The second kappa shape index (κ2) is 19.5. The number of carbonyl (C=O) groups is 1. The van der Waals surface area contributed by atoms with E-state index in [0.29, 0.717) is 4.88 Å². The standard InChI is InChI=1S/C60H60N2O2S2/c1-5-9-33-59(34-10-6-2)51-19-15-13-17-47(51)49-28-25-44(38-53(49)59)62(45-26-29-50-48-18-14-16-20-52(48)60(35-11-7-3,36-12-8-4)54(50)39-45)43-23-21-41(22-24-43)55-31-32-57(66-55)56-30-27-46(65-56)37-42(40-61)58(63)64/h13-32,37-39H,5-12,33-36H2,1-4H3,(H,63,64)/p-1/b42-37+. The number of carboxylic acids is 1. The van der Waals surface area contributed by atoms with Crippen molar-refractivity contribution in [1.82, 2.24) is 0 Å². The van der Waals surface area contributed by atoms with E-state index in [1.54, 1.807) is 17.4 Å². The van der Waals surface area contributed by atoms with Gasteiger partial charge in [-0.2, -0.15) is 5.26 Å². The molecule has 0 saturated heterocycles. The van der Waals surface area contributed by atoms with Crippen LogP contribution in [0.15, 0.2) is 139 Å². The zero-order valence-corrected chi connectivity index (χ0v) is 40.4. The summed E-state index contributed by atoms with van der Waals surface area (Å²) in [5.41, 5.74) is 15.7. The van der Waals surface area contributed by atoms with Crippen LogP contribution < -0.4 is 10.0 Å². The van der Waals surface area contributed by atoms with E-state index in [4.69, 9.17) is 0 Å². The average molecular weight is 904 g/mol. The van der Waals surface area contributed by atoms with Crippen molar-refractivity contribution in [3.05, 3.63) is 166 Å². The van der Waals surface area contributed by atoms with Crippen molar-refractivity contribution in [3.63, 3.8) is 0 Å². The summed E-state index contributed by atoms with van der Waals surface area (Å²) in [7, 11) is 0. The molecule has 0 bridgehead atoms. The topological polar surface area (TPSA) is 67.2 Å². The van der Waals surface area contributed by atoms with Gasteiger partial charge in [0.1, 0.15) is 6.07 Å². The van der Waals surface area contributed by atoms with E-state index < -0.39 is 5.97 Å². The molecule has 0 N–H and O–H groups in total. The molecule has 9 rings (SSSR count). The molecule has 0 amide bonds. The van der Waals surface area contributed by atoms with Crippen LogP contribution in [0, 0.1) is 11.3 Å². The number of rotatable bonds is 19. The maximum absolute atomic E-state index is 11.4. The monoisotopic (exact) mass is 903 g/mol. The zero-order chi connectivity index (χ0) is 45.8. The molecule has 66 heavy (non-hydrogen) atoms. The highest BCUT2D eigenvalue weighted by molar-refractivity contribution is 7.24. The van der Waals surface area contributed by atoms with Gasteiger partial charge in [-0.15, -0.1) is 22.7 Å². The quantitative estimate of drug-likeness (QED) is 0.0599. The smallest absolute Gasteiger partial charge is 0.101 e. The van der Waals surface area contributed by atoms with Crippen molar-refractivity contribution < 1.29 is 9.90 Å². The fourth-order valence-corrected chi connectivity index (χ4v) is 13.1. The van der Waals surface area contributed by atoms with E-state index in [-0.39, 0.29) is 16.4 Å². The summed E-state index contributed by atoms with van der Waals surface area (Å²) < 4.78 is 0. The molecule has 5 aromatic carbocycles. The molecule has 0 atom stereocenters. The molecular weight excluding hydrogens is 845 g/mol. The first kappa shape index (κ1) is 45.2. The van der Waals surface area contributed by atoms with Gasteiger partial charge in [-0.25, -0.2) is 0 Å². The van der Waals surface area contributed by atoms with E-state index in [0.717, 1.165) is 51.6 Å². The van der Waals surface area contributed by atoms with Gasteiger partial charge in [0.25, 0.3) is 0 Å². The fourth-order valence-electron chi connectivity index (χ4n) is 11.1. The average Bonchev–Trinajstić information content (AvgIpc) is 4.14. The molecule has 2 aliphatic rings. The number of aliphatic carboxylic acids is 1. The molecular formula is C60H59N2O2S2-. The molecule has 0 aliphatic heterocycles. The Labute approximate surface area is 399 Å². The number of thiophene rings is 2. The Morgan fingerprint density at radius 3 is 1.47 bits per heavy atom. The Hall–Kier alpha value is -6.00. The van der Waals surface area contributed by atoms with Gasteiger partial charge < -0.3 is 14.8 Å². The number of carboxylic acid groups (broad SMARTS) is 1. The molecule has 2 aliphatic carbocycles. The van der Waals surface area contributed by atoms with Crippen LogP contribution in [0.3, 0.4) is 0 Å². The normalized spacial score (nSPS) is 14.0. The number of unbranched alkanes of at least 4 members (excludes halogenated alkanes) is 4. The molecule has 0 unspecified atom stereocenters. The van der Waals surface area contributed by atoms with Gasteiger partial charge in [-0.05, 0) is 142 Å². The van der Waals surface area contributed by atoms with Gasteiger partial charge in [-0.1, -0.05) is 152 Å². The Morgan fingerprint density at radius 2 is 0.985 bits per heavy atom. The number of benzene rings is 5. The van der Waals surface area contributed by atoms with Crippen LogP contribution in [0.5, 0.6) is 0 Å². The highest BCUT2D eigenvalue weighted by atomic mass is 32.1. The minimum atomic E-state index is -1.46. The lowest BCUT2D eigenvalue weighted by molar-refractivity contribution is -0.298. The van der Waals surface area contributed by atoms with Crippen LogP contribution in [-0.4, -0.2) is 5.97 Å². The third-order valence-electron chi connectivity index (χ3n) is 14.4. The summed E-state index contributed by atoms with van der Waals surface area (Å²) in [5, 5.41) is 20.6. The van der Waals surface area contributed by atoms with E-state index in [9.17, 15) is 15.2 Å². The molecule has 7 aromatic rings. The molecule has 2 heterocycles. The SMILES string of the molecule is CCCCC1(CCCC)c2ccccc2-c2ccc(N(c3ccc(-c4ccc(-c5ccc(/C=C(\C#N)C(=O)[O-])s5)s4)cc3)c3ccc4c(c3)C(CCCC)(CCCC)c3ccccc3-4)cc21. The van der Waals surface area contributed by atoms with Gasteiger partial charge in [0, 0.05) is 47.4 Å². The molecule has 2 aromatic heterocycles. The lowest BCUT2D eigenvalue weighted by atomic mass is 9.70. The summed E-state index contributed by atoms with van der Waals surface area (Å²) in [6.45, 7) is 9.30. The van der Waals surface area contributed by atoms with Crippen molar-refractivity contribution in [2.24, 2.45) is 0 Å². The third kappa shape index (κ3) is 8.16. The molecule has 334 valence electrons. The van der Waals surface area contributed by atoms with Crippen molar-refractivity contribution in [1.29, 1.82) is 5.26 Å². The predicted octanol–water partition coefficient (Wildman–Crippen LogP) is 16.6. The zero-order valence-electron chi connectivity index (χ0n) is 38.8. The Kier molecular flexibility index (Phi) is 13.3. The molecule has 0 spiro atoms. The van der Waals surface area contributed by atoms with Crippen LogP contribution in [0.4, 0.5) is 17.1 Å². The van der Waals surface area contributed by atoms with Crippen LogP contribution in [-0.2, 0) is 15.6 Å². The van der Waals surface area contributed by atoms with Crippen LogP contribution in [0.1, 0.15) is 132 Å². The highest BCUT2D eigenvalue weighted by Crippen LogP contribution is 2.58. The van der Waals surface area contributed by atoms with E-state index in [2.05, 4.69) is 154 Å². The van der Waals surface area contributed by atoms with Gasteiger partial charge >= 0.3 is 0 Å². The van der Waals surface area contributed by atoms with Crippen LogP contribution in [0.2, 0.25) is 0 Å². The van der Waals surface area contributed by atoms with Crippen molar-refractivity contribution in [2.75, 3.05) is 4.90 Å². The first-order valence-corrected chi connectivity index (χ1v) is 25.8. The number of nitriles is 1. The summed E-state index contributed by atoms with van der Waals surface area (Å²) in [6.07, 6.45) is 15.4. The van der Waals surface area contributed by atoms with Crippen LogP contribution in [0.25, 0.3) is 48.5 Å². The van der Waals surface area contributed by atoms with Crippen molar-refractivity contribution in [2.45, 2.75) is 116 Å². The predicted molar refractivity (Wildman–Crippen MR) is 277 cm³/mol. The number of nitrogens with zero attached hydrogens (tertiary/aromatic N) is 2. The number of anilines is 3. The summed E-state index contributed by atoms with van der Waals surface area (Å²) >= 11 is 3.18. The Morgan fingerprint density at radius 1 is 0.545 bits per heavy atom. The number of carbonyl (C=O) groups excluding carboxylic acids is 1. The number of fused-ring (bicyclic) bond motifs is 6. The van der Waals surface area contributed by atoms with E-state index >= 15 is 0 Å². The fraction of sp³-hybridized carbons (Fsp3) is 0.300. The van der Waals surface area contributed by atoms with E-state index in [1.807, 2.05) is 12.1 Å². The number of hydrogen-bond donors (Lipinski definition) is 0. The first-order chi connectivity index (χ1) is 32.3. The third-order valence-corrected chi connectivity index (χ3v) is 16.7. The van der Waals surface area contributed by atoms with Gasteiger partial charge in [0.15, 0.2) is 0 Å². The molecule has 6 heteroatoms. The van der Waals surface area contributed by atoms with Gasteiger partial charge in [0.2, 0.25) is 0 Å². The number of hydrogen-bond acceptors (Lipinski definition) is 6. The highest BCUT2D eigenvalue weighted by Gasteiger charge is 2.44. The Balaban J connectivity index is 1.17. The largest absolute Gasteiger partial charge is 0.544 e. The van der Waals surface area contributed by atoms with Crippen LogP contribution >= 0.6 is 22.7 Å². The minimum Gasteiger partial charge on any atom is -0.544 e. The second-order valence-electron chi connectivity index (χ2n) is 18.3. The second-order valence-corrected chi connectivity index (χ2v) is 20.5. The van der Waals surface area contributed by atoms with Gasteiger partial charge in [0.05, 0.1) is 11.5 Å². The maximum atomic E-state index is 11.4. The maximum Gasteiger partial charge on any atom is 0.101 e. The summed E-state index contributed by atoms with van der Waals surface area (Å²) in [5.74, 6) is -1.46. The molecule has 0 saturated carbocycles. The van der Waals surface area contributed by atoms with Gasteiger partial charge in [-0.3, -0.25) is 0 Å². The van der Waals surface area contributed by atoms with Crippen molar-refractivity contribution >= 4 is 51.8 Å². The van der Waals surface area contributed by atoms with Crippen molar-refractivity contribution in [3.8, 4) is 48.5 Å². The molecule has 0 fully saturated rings. The minimum absolute atomic E-state index is 0.0273. The lowest BCUT2D eigenvalue weighted by Crippen LogP contribution is -2.26. The van der Waals surface area contributed by atoms with E-state index in [1.165, 1.54) is 125 Å². The first-order valence-electron chi connectivity index (χ1n) is 24.2. The summed E-state index contributed by atoms with van der Waals surface area (Å²) in [4.78, 5) is 17.9. The molecule has 0 radical (unpaired) electrons. The Bertz CT molecular complexity index is 2810. The molecule has 4 nitrogen and oxygen atoms in total.